The molecule has 1 saturated heterocycles. The van der Waals surface area contributed by atoms with Crippen LogP contribution < -0.4 is 0 Å². The first-order valence-corrected chi connectivity index (χ1v) is 7.80. The van der Waals surface area contributed by atoms with Crippen LogP contribution in [0.15, 0.2) is 12.1 Å². The molecule has 1 fully saturated rings. The zero-order chi connectivity index (χ0) is 18.6. The van der Waals surface area contributed by atoms with Gasteiger partial charge in [-0.25, -0.2) is 0 Å². The minimum atomic E-state index is -4.83. The molecule has 2 aliphatic rings. The monoisotopic (exact) mass is 366 g/mol. The highest BCUT2D eigenvalue weighted by molar-refractivity contribution is 5.98. The fraction of sp³-hybridized carbons (Fsp3) is 0.562. The average molecular weight is 366 g/mol. The summed E-state index contributed by atoms with van der Waals surface area (Å²) in [6.07, 6.45) is -8.43. The number of fused-ring (bicyclic) bond motifs is 1. The molecule has 0 N–H and O–H groups in total. The van der Waals surface area contributed by atoms with Gasteiger partial charge < -0.3 is 4.90 Å². The van der Waals surface area contributed by atoms with Gasteiger partial charge in [0.2, 0.25) is 0 Å². The van der Waals surface area contributed by atoms with Crippen LogP contribution in [-0.2, 0) is 12.7 Å². The van der Waals surface area contributed by atoms with Crippen molar-refractivity contribution in [3.8, 4) is 0 Å². The smallest absolute Gasteiger partial charge is 0.337 e. The molecule has 0 saturated carbocycles. The molecule has 1 aromatic carbocycles. The highest BCUT2D eigenvalue weighted by Crippen LogP contribution is 2.44. The molecule has 2 aliphatic heterocycles. The molecule has 2 heterocycles. The van der Waals surface area contributed by atoms with Gasteiger partial charge in [0, 0.05) is 19.2 Å². The molecular weight excluding hydrogens is 350 g/mol. The molecule has 0 aromatic heterocycles. The predicted molar refractivity (Wildman–Crippen MR) is 76.8 cm³/mol. The van der Waals surface area contributed by atoms with Crippen LogP contribution in [-0.4, -0.2) is 42.0 Å². The molecule has 1 atom stereocenters. The van der Waals surface area contributed by atoms with Gasteiger partial charge in [-0.2, -0.15) is 26.3 Å². The summed E-state index contributed by atoms with van der Waals surface area (Å²) >= 11 is 0. The maximum Gasteiger partial charge on any atom is 0.416 e. The quantitative estimate of drug-likeness (QED) is 0.739. The second-order valence-electron chi connectivity index (χ2n) is 6.44. The SMILES string of the molecule is CN1Cc2c(cc(C(N3CCCC3)C(F)(F)F)cc2C(F)(F)F)C1=O. The summed E-state index contributed by atoms with van der Waals surface area (Å²) in [5.74, 6) is -0.690. The predicted octanol–water partition coefficient (Wildman–Crippen LogP) is 3.99. The van der Waals surface area contributed by atoms with E-state index in [4.69, 9.17) is 0 Å². The molecule has 9 heteroatoms. The van der Waals surface area contributed by atoms with Crippen LogP contribution in [0.4, 0.5) is 26.3 Å². The van der Waals surface area contributed by atoms with Crippen molar-refractivity contribution >= 4 is 5.91 Å². The molecule has 1 amide bonds. The summed E-state index contributed by atoms with van der Waals surface area (Å²) in [5, 5.41) is 0. The highest BCUT2D eigenvalue weighted by atomic mass is 19.4. The lowest BCUT2D eigenvalue weighted by Crippen LogP contribution is -2.37. The van der Waals surface area contributed by atoms with Crippen molar-refractivity contribution in [1.29, 1.82) is 0 Å². The number of alkyl halides is 6. The number of nitrogens with zero attached hydrogens (tertiary/aromatic N) is 2. The van der Waals surface area contributed by atoms with Crippen molar-refractivity contribution in [2.75, 3.05) is 20.1 Å². The number of carbonyl (C=O) groups excluding carboxylic acids is 1. The van der Waals surface area contributed by atoms with E-state index in [0.717, 1.165) is 15.9 Å². The zero-order valence-electron chi connectivity index (χ0n) is 13.3. The number of carbonyl (C=O) groups is 1. The second kappa shape index (κ2) is 5.89. The standard InChI is InChI=1S/C16H16F6N2O/c1-23-8-11-10(14(23)25)6-9(7-12(11)15(17,18)19)13(16(20,21)22)24-4-2-3-5-24/h6-7,13H,2-5,8H2,1H3. The second-order valence-corrected chi connectivity index (χ2v) is 6.44. The van der Waals surface area contributed by atoms with E-state index in [9.17, 15) is 31.1 Å². The van der Waals surface area contributed by atoms with Gasteiger partial charge in [-0.15, -0.1) is 0 Å². The lowest BCUT2D eigenvalue weighted by molar-refractivity contribution is -0.184. The summed E-state index contributed by atoms with van der Waals surface area (Å²) in [7, 11) is 1.32. The third-order valence-electron chi connectivity index (χ3n) is 4.68. The van der Waals surface area contributed by atoms with Crippen LogP contribution >= 0.6 is 0 Å². The van der Waals surface area contributed by atoms with E-state index >= 15 is 0 Å². The number of halogens is 6. The zero-order valence-corrected chi connectivity index (χ0v) is 13.3. The van der Waals surface area contributed by atoms with Crippen molar-refractivity contribution in [1.82, 2.24) is 9.80 Å². The van der Waals surface area contributed by atoms with Crippen molar-refractivity contribution in [3.05, 3.63) is 34.4 Å². The Bertz CT molecular complexity index is 691. The van der Waals surface area contributed by atoms with Crippen molar-refractivity contribution in [3.63, 3.8) is 0 Å². The number of benzene rings is 1. The van der Waals surface area contributed by atoms with E-state index in [1.54, 1.807) is 0 Å². The molecule has 0 radical (unpaired) electrons. The molecule has 3 rings (SSSR count). The maximum absolute atomic E-state index is 13.6. The summed E-state index contributed by atoms with van der Waals surface area (Å²) in [4.78, 5) is 14.3. The third kappa shape index (κ3) is 3.21. The van der Waals surface area contributed by atoms with E-state index < -0.39 is 35.4 Å². The van der Waals surface area contributed by atoms with E-state index in [1.165, 1.54) is 7.05 Å². The van der Waals surface area contributed by atoms with Crippen LogP contribution in [0.3, 0.4) is 0 Å². The topological polar surface area (TPSA) is 23.6 Å². The van der Waals surface area contributed by atoms with Gasteiger partial charge >= 0.3 is 12.4 Å². The lowest BCUT2D eigenvalue weighted by Gasteiger charge is -2.30. The molecule has 138 valence electrons. The average Bonchev–Trinajstić information content (AvgIpc) is 3.07. The molecule has 25 heavy (non-hydrogen) atoms. The van der Waals surface area contributed by atoms with Crippen LogP contribution in [0.1, 0.15) is 45.9 Å². The molecule has 3 nitrogen and oxygen atoms in total. The van der Waals surface area contributed by atoms with Gasteiger partial charge in [0.05, 0.1) is 5.56 Å². The lowest BCUT2D eigenvalue weighted by atomic mass is 9.94. The normalized spacial score (nSPS) is 20.3. The van der Waals surface area contributed by atoms with Crippen molar-refractivity contribution < 1.29 is 31.1 Å². The first-order valence-electron chi connectivity index (χ1n) is 7.80. The molecule has 1 aromatic rings. The minimum Gasteiger partial charge on any atom is -0.337 e. The molecule has 1 unspecified atom stereocenters. The number of hydrogen-bond acceptors (Lipinski definition) is 2. The first-order chi connectivity index (χ1) is 11.5. The van der Waals surface area contributed by atoms with E-state index in [-0.39, 0.29) is 30.8 Å². The largest absolute Gasteiger partial charge is 0.416 e. The van der Waals surface area contributed by atoms with Gasteiger partial charge in [0.1, 0.15) is 6.04 Å². The van der Waals surface area contributed by atoms with E-state index in [2.05, 4.69) is 0 Å². The number of likely N-dealkylation sites (tertiary alicyclic amines) is 1. The maximum atomic E-state index is 13.6. The Morgan fingerprint density at radius 2 is 1.64 bits per heavy atom. The molecule has 0 spiro atoms. The van der Waals surface area contributed by atoms with Crippen LogP contribution in [0.2, 0.25) is 0 Å². The molecule has 0 aliphatic carbocycles. The summed E-state index contributed by atoms with van der Waals surface area (Å²) in [5.41, 5.74) is -2.23. The molecule has 0 bridgehead atoms. The van der Waals surface area contributed by atoms with Gasteiger partial charge in [-0.05, 0) is 49.2 Å². The first kappa shape index (κ1) is 18.0. The summed E-state index contributed by atoms with van der Waals surface area (Å²) in [6.45, 7) is 0.0661. The Hall–Kier alpha value is -1.77. The molecular formula is C16H16F6N2O. The Morgan fingerprint density at radius 3 is 2.16 bits per heavy atom. The van der Waals surface area contributed by atoms with E-state index in [1.807, 2.05) is 0 Å². The fourth-order valence-electron chi connectivity index (χ4n) is 3.59. The van der Waals surface area contributed by atoms with Gasteiger partial charge in [-0.3, -0.25) is 9.69 Å². The van der Waals surface area contributed by atoms with Crippen LogP contribution in [0.5, 0.6) is 0 Å². The van der Waals surface area contributed by atoms with Crippen molar-refractivity contribution in [2.45, 2.75) is 37.8 Å². The van der Waals surface area contributed by atoms with Gasteiger partial charge in [0.15, 0.2) is 0 Å². The van der Waals surface area contributed by atoms with Gasteiger partial charge in [0.25, 0.3) is 5.91 Å². The number of rotatable bonds is 2. The van der Waals surface area contributed by atoms with Crippen LogP contribution in [0, 0.1) is 0 Å². The Labute approximate surface area is 140 Å². The van der Waals surface area contributed by atoms with Crippen molar-refractivity contribution in [2.24, 2.45) is 0 Å². The Morgan fingerprint density at radius 1 is 1.04 bits per heavy atom. The number of amides is 1. The Balaban J connectivity index is 2.17. The van der Waals surface area contributed by atoms with Gasteiger partial charge in [-0.1, -0.05) is 0 Å². The van der Waals surface area contributed by atoms with E-state index in [0.29, 0.717) is 18.9 Å². The summed E-state index contributed by atoms with van der Waals surface area (Å²) in [6, 6.07) is -0.602. The summed E-state index contributed by atoms with van der Waals surface area (Å²) < 4.78 is 80.9. The highest BCUT2D eigenvalue weighted by Gasteiger charge is 2.48. The fourth-order valence-corrected chi connectivity index (χ4v) is 3.59. The number of hydrogen-bond donors (Lipinski definition) is 0. The third-order valence-corrected chi connectivity index (χ3v) is 4.68. The van der Waals surface area contributed by atoms with Crippen LogP contribution in [0.25, 0.3) is 0 Å². The minimum absolute atomic E-state index is 0.163. The Kier molecular flexibility index (Phi) is 4.25.